The van der Waals surface area contributed by atoms with Gasteiger partial charge in [-0.25, -0.2) is 0 Å². The molecule has 0 spiro atoms. The molecule has 4 aliphatic rings. The largest absolute Gasteiger partial charge is 0.460 e. The molecule has 2 saturated carbocycles. The lowest BCUT2D eigenvalue weighted by Crippen LogP contribution is -2.64. The average molecular weight is 708 g/mol. The maximum absolute atomic E-state index is 9.83. The zero-order chi connectivity index (χ0) is 34.2. The number of aliphatic hydroxyl groups is 2. The lowest BCUT2D eigenvalue weighted by atomic mass is 9.56. The number of allylic oxidation sites excluding steroid dienone is 1. The highest BCUT2D eigenvalue weighted by molar-refractivity contribution is 8.00. The quantitative estimate of drug-likeness (QED) is 0.0729. The van der Waals surface area contributed by atoms with Gasteiger partial charge in [0.2, 0.25) is 5.79 Å². The van der Waals surface area contributed by atoms with Crippen LogP contribution in [0.5, 0.6) is 17.2 Å². The van der Waals surface area contributed by atoms with E-state index in [0.717, 1.165) is 72.6 Å². The van der Waals surface area contributed by atoms with E-state index in [1.165, 1.54) is 30.6 Å². The summed E-state index contributed by atoms with van der Waals surface area (Å²) in [6.45, 7) is 4.79. The second kappa shape index (κ2) is 17.2. The second-order valence-electron chi connectivity index (χ2n) is 13.7. The fourth-order valence-electron chi connectivity index (χ4n) is 8.65. The Hall–Kier alpha value is -2.43. The highest BCUT2D eigenvalue weighted by atomic mass is 32.2. The molecule has 0 saturated heterocycles. The minimum atomic E-state index is -0.918. The van der Waals surface area contributed by atoms with Gasteiger partial charge in [0.25, 0.3) is 0 Å². The number of hydrogen-bond acceptors (Lipinski definition) is 9. The third-order valence-corrected chi connectivity index (χ3v) is 13.2. The van der Waals surface area contributed by atoms with Crippen LogP contribution in [0.15, 0.2) is 76.8 Å². The van der Waals surface area contributed by atoms with Crippen LogP contribution < -0.4 is 9.47 Å². The number of nitrogens with zero attached hydrogens (tertiary/aromatic N) is 1. The summed E-state index contributed by atoms with van der Waals surface area (Å²) >= 11 is 3.73. The third-order valence-electron chi connectivity index (χ3n) is 10.8. The van der Waals surface area contributed by atoms with Crippen LogP contribution >= 0.6 is 23.5 Å². The normalized spacial score (nSPS) is 28.4. The van der Waals surface area contributed by atoms with E-state index in [1.807, 2.05) is 36.0 Å². The Balaban J connectivity index is 1.51. The van der Waals surface area contributed by atoms with Gasteiger partial charge in [-0.05, 0) is 105 Å². The average Bonchev–Trinajstić information content (AvgIpc) is 3.64. The molecule has 7 nitrogen and oxygen atoms in total. The molecule has 2 fully saturated rings. The maximum Gasteiger partial charge on any atom is 0.230 e. The molecule has 266 valence electrons. The van der Waals surface area contributed by atoms with Gasteiger partial charge in [0, 0.05) is 41.3 Å². The van der Waals surface area contributed by atoms with E-state index in [2.05, 4.69) is 43.2 Å². The summed E-state index contributed by atoms with van der Waals surface area (Å²) in [6, 6.07) is 14.5. The molecule has 0 bridgehead atoms. The molecule has 2 aromatic carbocycles. The van der Waals surface area contributed by atoms with E-state index in [0.29, 0.717) is 18.3 Å². The first-order valence-electron chi connectivity index (χ1n) is 18.1. The molecule has 9 heteroatoms. The predicted octanol–water partition coefficient (Wildman–Crippen LogP) is 9.14. The molecule has 3 aliphatic carbocycles. The van der Waals surface area contributed by atoms with E-state index >= 15 is 0 Å². The van der Waals surface area contributed by atoms with Crippen LogP contribution in [0, 0.1) is 17.8 Å². The molecule has 6 rings (SSSR count). The van der Waals surface area contributed by atoms with Crippen molar-refractivity contribution in [1.29, 1.82) is 0 Å². The monoisotopic (exact) mass is 707 g/mol. The van der Waals surface area contributed by atoms with Crippen molar-refractivity contribution < 1.29 is 29.3 Å². The van der Waals surface area contributed by atoms with Crippen LogP contribution in [0.3, 0.4) is 0 Å². The Morgan fingerprint density at radius 3 is 2.43 bits per heavy atom. The number of benzene rings is 2. The van der Waals surface area contributed by atoms with Gasteiger partial charge in [-0.2, -0.15) is 0 Å². The molecule has 6 unspecified atom stereocenters. The van der Waals surface area contributed by atoms with Crippen molar-refractivity contribution >= 4 is 29.2 Å². The number of thioether (sulfide) groups is 2. The molecule has 6 atom stereocenters. The molecule has 0 radical (unpaired) electrons. The lowest BCUT2D eigenvalue weighted by Gasteiger charge is -2.58. The van der Waals surface area contributed by atoms with Crippen LogP contribution in [0.1, 0.15) is 82.1 Å². The van der Waals surface area contributed by atoms with Crippen molar-refractivity contribution in [2.45, 2.75) is 97.7 Å². The van der Waals surface area contributed by atoms with Crippen molar-refractivity contribution in [3.63, 3.8) is 0 Å². The number of rotatable bonds is 17. The first-order valence-corrected chi connectivity index (χ1v) is 20.3. The highest BCUT2D eigenvalue weighted by Crippen LogP contribution is 2.63. The maximum atomic E-state index is 9.83. The number of fused-ring (bicyclic) bond motifs is 2. The summed E-state index contributed by atoms with van der Waals surface area (Å²) in [6.07, 6.45) is 17.3. The first kappa shape index (κ1) is 36.4. The van der Waals surface area contributed by atoms with Crippen LogP contribution in [0.2, 0.25) is 0 Å². The first-order chi connectivity index (χ1) is 24.0. The zero-order valence-corrected chi connectivity index (χ0v) is 30.7. The van der Waals surface area contributed by atoms with Gasteiger partial charge in [-0.1, -0.05) is 43.0 Å². The molecule has 2 N–H and O–H groups in total. The fraction of sp³-hybridized carbons (Fsp3) is 0.575. The van der Waals surface area contributed by atoms with Gasteiger partial charge in [-0.15, -0.1) is 30.1 Å². The molecule has 1 heterocycles. The van der Waals surface area contributed by atoms with Crippen LogP contribution in [-0.4, -0.2) is 65.4 Å². The summed E-state index contributed by atoms with van der Waals surface area (Å²) in [5.74, 6) is 1.97. The van der Waals surface area contributed by atoms with Crippen LogP contribution in [0.25, 0.3) is 0 Å². The third kappa shape index (κ3) is 7.91. The van der Waals surface area contributed by atoms with Crippen molar-refractivity contribution in [1.82, 2.24) is 0 Å². The summed E-state index contributed by atoms with van der Waals surface area (Å²) in [5, 5.41) is 24.8. The minimum Gasteiger partial charge on any atom is -0.460 e. The smallest absolute Gasteiger partial charge is 0.230 e. The van der Waals surface area contributed by atoms with Gasteiger partial charge in [0.1, 0.15) is 24.4 Å². The summed E-state index contributed by atoms with van der Waals surface area (Å²) in [7, 11) is 1.64. The number of unbranched alkanes of at least 4 members (excludes halogenated alkanes) is 2. The van der Waals surface area contributed by atoms with E-state index in [4.69, 9.17) is 24.2 Å². The van der Waals surface area contributed by atoms with Gasteiger partial charge in [-0.3, -0.25) is 0 Å². The minimum absolute atomic E-state index is 0.0113. The SMILES string of the molecule is C=CCOC12Oc3ccc(Oc4ccc(SC)cc4)cc3C3C(CCCCO)C(CCCCO)C=C(C(=NOC)CC1SC1CCCC1)C32. The molecule has 49 heavy (non-hydrogen) atoms. The Labute approximate surface area is 300 Å². The molecule has 0 aromatic heterocycles. The Morgan fingerprint density at radius 2 is 1.73 bits per heavy atom. The number of oxime groups is 1. The zero-order valence-electron chi connectivity index (χ0n) is 29.1. The van der Waals surface area contributed by atoms with Crippen molar-refractivity contribution in [3.05, 3.63) is 72.3 Å². The molecular weight excluding hydrogens is 655 g/mol. The van der Waals surface area contributed by atoms with E-state index in [9.17, 15) is 10.2 Å². The lowest BCUT2D eigenvalue weighted by molar-refractivity contribution is -0.223. The Bertz CT molecular complexity index is 1460. The number of ether oxygens (including phenoxy) is 3. The van der Waals surface area contributed by atoms with Gasteiger partial charge in [0.15, 0.2) is 0 Å². The van der Waals surface area contributed by atoms with Crippen molar-refractivity contribution in [2.24, 2.45) is 22.9 Å². The predicted molar refractivity (Wildman–Crippen MR) is 200 cm³/mol. The van der Waals surface area contributed by atoms with Crippen LogP contribution in [-0.2, 0) is 9.57 Å². The standard InChI is InChI=1S/C40H53NO6S2/c1-4-23-45-40-37(49-31-12-5-6-13-31)26-35(41-44-2)33-24-27(11-7-9-21-42)32(14-8-10-22-43)38(39(33)40)34-25-29(17-20-36(34)47-40)46-28-15-18-30(48-3)19-16-28/h4,15-20,24-25,27,31-32,37-39,42-43H,1,5-14,21-23,26H2,2-3H3. The molecule has 0 amide bonds. The Morgan fingerprint density at radius 1 is 1.00 bits per heavy atom. The van der Waals surface area contributed by atoms with Crippen molar-refractivity contribution in [3.8, 4) is 17.2 Å². The summed E-state index contributed by atoms with van der Waals surface area (Å²) in [5.41, 5.74) is 3.28. The fourth-order valence-corrected chi connectivity index (χ4v) is 10.8. The van der Waals surface area contributed by atoms with Gasteiger partial charge in [0.05, 0.1) is 23.5 Å². The number of hydrogen-bond donors (Lipinski definition) is 2. The van der Waals surface area contributed by atoms with E-state index in [-0.39, 0.29) is 42.1 Å². The van der Waals surface area contributed by atoms with E-state index in [1.54, 1.807) is 18.9 Å². The summed E-state index contributed by atoms with van der Waals surface area (Å²) < 4.78 is 20.8. The topological polar surface area (TPSA) is 89.7 Å². The van der Waals surface area contributed by atoms with Gasteiger partial charge >= 0.3 is 0 Å². The van der Waals surface area contributed by atoms with Gasteiger partial charge < -0.3 is 29.3 Å². The molecular formula is C40H53NO6S2. The molecule has 2 aromatic rings. The number of aliphatic hydroxyl groups excluding tert-OH is 2. The summed E-state index contributed by atoms with van der Waals surface area (Å²) in [4.78, 5) is 6.75. The Kier molecular flexibility index (Phi) is 12.8. The van der Waals surface area contributed by atoms with Crippen molar-refractivity contribution in [2.75, 3.05) is 33.2 Å². The van der Waals surface area contributed by atoms with Crippen LogP contribution in [0.4, 0.5) is 0 Å². The second-order valence-corrected chi connectivity index (χ2v) is 16.1. The van der Waals surface area contributed by atoms with E-state index < -0.39 is 5.79 Å². The highest BCUT2D eigenvalue weighted by Gasteiger charge is 2.64. The molecule has 1 aliphatic heterocycles.